The van der Waals surface area contributed by atoms with Gasteiger partial charge in [0.2, 0.25) is 0 Å². The molecule has 0 aliphatic heterocycles. The Kier molecular flexibility index (Phi) is 6.59. The summed E-state index contributed by atoms with van der Waals surface area (Å²) in [6.07, 6.45) is 0. The maximum absolute atomic E-state index is 12.1. The molecule has 0 aliphatic carbocycles. The molecular formula is C21H23BrO4. The summed E-state index contributed by atoms with van der Waals surface area (Å²) in [7, 11) is 0. The van der Waals surface area contributed by atoms with Crippen LogP contribution in [0.25, 0.3) is 0 Å². The minimum absolute atomic E-state index is 0.0423. The molecule has 0 amide bonds. The molecule has 2 aromatic rings. The molecule has 0 N–H and O–H groups in total. The number of hydrogen-bond acceptors (Lipinski definition) is 4. The van der Waals surface area contributed by atoms with Gasteiger partial charge in [0.15, 0.2) is 5.78 Å². The second-order valence-electron chi connectivity index (χ2n) is 7.12. The molecule has 0 aromatic heterocycles. The molecule has 4 nitrogen and oxygen atoms in total. The Hall–Kier alpha value is -2.14. The van der Waals surface area contributed by atoms with Crippen molar-refractivity contribution in [1.29, 1.82) is 0 Å². The average molecular weight is 419 g/mol. The second kappa shape index (κ2) is 8.49. The SMILES string of the molecule is Cc1cccc(Oc2ccc(C(=O)CBr)cc2COC(=O)C(C)(C)C)c1. The fraction of sp³-hybridized carbons (Fsp3) is 0.333. The van der Waals surface area contributed by atoms with Crippen molar-refractivity contribution in [2.24, 2.45) is 5.41 Å². The van der Waals surface area contributed by atoms with E-state index in [-0.39, 0.29) is 23.7 Å². The highest BCUT2D eigenvalue weighted by molar-refractivity contribution is 9.09. The predicted molar refractivity (Wildman–Crippen MR) is 105 cm³/mol. The van der Waals surface area contributed by atoms with E-state index in [1.54, 1.807) is 39.0 Å². The molecule has 0 bridgehead atoms. The van der Waals surface area contributed by atoms with Crippen LogP contribution in [0, 0.1) is 12.3 Å². The van der Waals surface area contributed by atoms with E-state index in [0.717, 1.165) is 5.56 Å². The quantitative estimate of drug-likeness (QED) is 0.355. The number of alkyl halides is 1. The molecule has 0 spiro atoms. The first-order valence-electron chi connectivity index (χ1n) is 8.34. The van der Waals surface area contributed by atoms with E-state index in [2.05, 4.69) is 15.9 Å². The molecular weight excluding hydrogens is 396 g/mol. The third kappa shape index (κ3) is 5.43. The van der Waals surface area contributed by atoms with Gasteiger partial charge in [-0.05, 0) is 63.6 Å². The number of aryl methyl sites for hydroxylation is 1. The summed E-state index contributed by atoms with van der Waals surface area (Å²) < 4.78 is 11.4. The van der Waals surface area contributed by atoms with Crippen LogP contribution in [0.4, 0.5) is 0 Å². The third-order valence-corrected chi connectivity index (χ3v) is 4.20. The number of ketones is 1. The lowest BCUT2D eigenvalue weighted by Crippen LogP contribution is -2.22. The number of carbonyl (C=O) groups is 2. The van der Waals surface area contributed by atoms with Gasteiger partial charge < -0.3 is 9.47 Å². The number of rotatable bonds is 6. The van der Waals surface area contributed by atoms with E-state index in [1.165, 1.54) is 0 Å². The van der Waals surface area contributed by atoms with Gasteiger partial charge in [-0.15, -0.1) is 0 Å². The molecule has 0 fully saturated rings. The van der Waals surface area contributed by atoms with E-state index in [0.29, 0.717) is 22.6 Å². The highest BCUT2D eigenvalue weighted by atomic mass is 79.9. The second-order valence-corrected chi connectivity index (χ2v) is 7.68. The molecule has 26 heavy (non-hydrogen) atoms. The fourth-order valence-electron chi connectivity index (χ4n) is 2.21. The lowest BCUT2D eigenvalue weighted by molar-refractivity contribution is -0.154. The van der Waals surface area contributed by atoms with E-state index in [4.69, 9.17) is 9.47 Å². The normalized spacial score (nSPS) is 11.1. The third-order valence-electron chi connectivity index (χ3n) is 3.69. The maximum atomic E-state index is 12.1. The summed E-state index contributed by atoms with van der Waals surface area (Å²) >= 11 is 3.18. The summed E-state index contributed by atoms with van der Waals surface area (Å²) in [4.78, 5) is 24.1. The Labute approximate surface area is 162 Å². The highest BCUT2D eigenvalue weighted by Crippen LogP contribution is 2.28. The van der Waals surface area contributed by atoms with Gasteiger partial charge in [0.25, 0.3) is 0 Å². The monoisotopic (exact) mass is 418 g/mol. The van der Waals surface area contributed by atoms with Crippen LogP contribution in [0.5, 0.6) is 11.5 Å². The van der Waals surface area contributed by atoms with Crippen LogP contribution in [0.3, 0.4) is 0 Å². The molecule has 2 aromatic carbocycles. The summed E-state index contributed by atoms with van der Waals surface area (Å²) in [5.41, 5.74) is 1.67. The zero-order valence-corrected chi connectivity index (χ0v) is 17.1. The number of ether oxygens (including phenoxy) is 2. The number of halogens is 1. The number of esters is 1. The topological polar surface area (TPSA) is 52.6 Å². The highest BCUT2D eigenvalue weighted by Gasteiger charge is 2.23. The average Bonchev–Trinajstić information content (AvgIpc) is 2.59. The van der Waals surface area contributed by atoms with Crippen LogP contribution in [-0.4, -0.2) is 17.1 Å². The molecule has 0 atom stereocenters. The first-order chi connectivity index (χ1) is 12.2. The van der Waals surface area contributed by atoms with Crippen LogP contribution in [0.15, 0.2) is 42.5 Å². The minimum atomic E-state index is -0.596. The van der Waals surface area contributed by atoms with Gasteiger partial charge in [0.05, 0.1) is 10.7 Å². The van der Waals surface area contributed by atoms with Gasteiger partial charge in [0.1, 0.15) is 18.1 Å². The summed E-state index contributed by atoms with van der Waals surface area (Å²) in [5.74, 6) is 0.892. The van der Waals surface area contributed by atoms with Gasteiger partial charge in [-0.25, -0.2) is 0 Å². The molecule has 0 unspecified atom stereocenters. The van der Waals surface area contributed by atoms with E-state index >= 15 is 0 Å². The van der Waals surface area contributed by atoms with Crippen molar-refractivity contribution in [3.05, 3.63) is 59.2 Å². The van der Waals surface area contributed by atoms with Gasteiger partial charge in [-0.1, -0.05) is 28.1 Å². The van der Waals surface area contributed by atoms with Crippen molar-refractivity contribution in [2.75, 3.05) is 5.33 Å². The van der Waals surface area contributed by atoms with Crippen LogP contribution in [0.1, 0.15) is 42.3 Å². The molecule has 0 radical (unpaired) electrons. The molecule has 138 valence electrons. The van der Waals surface area contributed by atoms with Gasteiger partial charge in [-0.2, -0.15) is 0 Å². The van der Waals surface area contributed by atoms with Crippen molar-refractivity contribution >= 4 is 27.7 Å². The van der Waals surface area contributed by atoms with Crippen molar-refractivity contribution in [2.45, 2.75) is 34.3 Å². The number of carbonyl (C=O) groups excluding carboxylic acids is 2. The molecule has 0 saturated heterocycles. The van der Waals surface area contributed by atoms with Gasteiger partial charge >= 0.3 is 5.97 Å². The van der Waals surface area contributed by atoms with Gasteiger partial charge in [-0.3, -0.25) is 9.59 Å². The Morgan fingerprint density at radius 2 is 1.81 bits per heavy atom. The Morgan fingerprint density at radius 1 is 1.08 bits per heavy atom. The number of Topliss-reactive ketones (excluding diaryl/α,β-unsaturated/α-hetero) is 1. The molecule has 5 heteroatoms. The van der Waals surface area contributed by atoms with Crippen LogP contribution >= 0.6 is 15.9 Å². The van der Waals surface area contributed by atoms with Crippen LogP contribution < -0.4 is 4.74 Å². The lowest BCUT2D eigenvalue weighted by Gasteiger charge is -2.18. The lowest BCUT2D eigenvalue weighted by atomic mass is 9.97. The Balaban J connectivity index is 2.30. The first kappa shape index (κ1) is 20.2. The van der Waals surface area contributed by atoms with E-state index in [1.807, 2.05) is 31.2 Å². The summed E-state index contributed by atoms with van der Waals surface area (Å²) in [5, 5.41) is 0.228. The standard InChI is InChI=1S/C21H23BrO4/c1-14-6-5-7-17(10-14)26-19-9-8-15(18(23)12-22)11-16(19)13-25-20(24)21(2,3)4/h5-11H,12-13H2,1-4H3. The zero-order chi connectivity index (χ0) is 19.3. The van der Waals surface area contributed by atoms with Crippen molar-refractivity contribution < 1.29 is 19.1 Å². The first-order valence-corrected chi connectivity index (χ1v) is 9.46. The maximum Gasteiger partial charge on any atom is 0.311 e. The molecule has 2 rings (SSSR count). The zero-order valence-electron chi connectivity index (χ0n) is 15.5. The molecule has 0 saturated carbocycles. The fourth-order valence-corrected chi connectivity index (χ4v) is 2.53. The smallest absolute Gasteiger partial charge is 0.311 e. The minimum Gasteiger partial charge on any atom is -0.460 e. The van der Waals surface area contributed by atoms with E-state index < -0.39 is 5.41 Å². The summed E-state index contributed by atoms with van der Waals surface area (Å²) in [6.45, 7) is 7.41. The van der Waals surface area contributed by atoms with Gasteiger partial charge in [0, 0.05) is 11.1 Å². The van der Waals surface area contributed by atoms with Crippen LogP contribution in [-0.2, 0) is 16.1 Å². The van der Waals surface area contributed by atoms with Crippen molar-refractivity contribution in [3.63, 3.8) is 0 Å². The Bertz CT molecular complexity index is 806. The summed E-state index contributed by atoms with van der Waals surface area (Å²) in [6, 6.07) is 12.8. The number of hydrogen-bond donors (Lipinski definition) is 0. The predicted octanol–water partition coefficient (Wildman–Crippen LogP) is 5.45. The largest absolute Gasteiger partial charge is 0.460 e. The molecule has 0 aliphatic rings. The van der Waals surface area contributed by atoms with Crippen molar-refractivity contribution in [3.8, 4) is 11.5 Å². The van der Waals surface area contributed by atoms with E-state index in [9.17, 15) is 9.59 Å². The van der Waals surface area contributed by atoms with Crippen LogP contribution in [0.2, 0.25) is 0 Å². The number of benzene rings is 2. The Morgan fingerprint density at radius 3 is 2.42 bits per heavy atom. The van der Waals surface area contributed by atoms with Crippen molar-refractivity contribution in [1.82, 2.24) is 0 Å². The molecule has 0 heterocycles.